The van der Waals surface area contributed by atoms with E-state index < -0.39 is 11.6 Å². The maximum atomic E-state index is 12.5. The van der Waals surface area contributed by atoms with Gasteiger partial charge in [-0.2, -0.15) is 0 Å². The van der Waals surface area contributed by atoms with Gasteiger partial charge in [-0.1, -0.05) is 18.2 Å². The number of carbonyl (C=O) groups is 3. The van der Waals surface area contributed by atoms with Crippen molar-refractivity contribution in [1.29, 1.82) is 0 Å². The van der Waals surface area contributed by atoms with Crippen molar-refractivity contribution < 1.29 is 14.4 Å². The fourth-order valence-corrected chi connectivity index (χ4v) is 4.03. The second kappa shape index (κ2) is 9.57. The van der Waals surface area contributed by atoms with Gasteiger partial charge < -0.3 is 15.2 Å². The Bertz CT molecular complexity index is 1150. The van der Waals surface area contributed by atoms with Crippen LogP contribution in [0.1, 0.15) is 26.2 Å². The number of carbonyl (C=O) groups excluding carboxylic acids is 3. The Morgan fingerprint density at radius 2 is 2.09 bits per heavy atom. The van der Waals surface area contributed by atoms with E-state index >= 15 is 0 Å². The summed E-state index contributed by atoms with van der Waals surface area (Å²) in [5, 5.41) is 3.79. The van der Waals surface area contributed by atoms with Crippen molar-refractivity contribution in [3.05, 3.63) is 47.3 Å². The summed E-state index contributed by atoms with van der Waals surface area (Å²) in [6, 6.07) is 6.29. The van der Waals surface area contributed by atoms with Crippen LogP contribution in [0.15, 0.2) is 41.7 Å². The molecule has 1 saturated heterocycles. The Kier molecular flexibility index (Phi) is 7.02. The van der Waals surface area contributed by atoms with Crippen molar-refractivity contribution in [2.75, 3.05) is 13.6 Å². The van der Waals surface area contributed by atoms with Crippen LogP contribution >= 0.6 is 0 Å². The van der Waals surface area contributed by atoms with Crippen LogP contribution in [-0.4, -0.2) is 70.6 Å². The predicted molar refractivity (Wildman–Crippen MR) is 125 cm³/mol. The van der Waals surface area contributed by atoms with Gasteiger partial charge in [0.05, 0.1) is 16.6 Å². The number of nitrogens with two attached hydrogens (primary N) is 1. The minimum atomic E-state index is -0.829. The molecule has 3 atom stereocenters. The van der Waals surface area contributed by atoms with Gasteiger partial charge in [0, 0.05) is 19.5 Å². The molecule has 2 aliphatic rings. The van der Waals surface area contributed by atoms with E-state index in [0.717, 1.165) is 11.4 Å². The normalized spacial score (nSPS) is 23.3. The van der Waals surface area contributed by atoms with Crippen LogP contribution < -0.4 is 22.3 Å². The van der Waals surface area contributed by atoms with Gasteiger partial charge in [0.2, 0.25) is 5.91 Å². The van der Waals surface area contributed by atoms with Crippen molar-refractivity contribution in [2.24, 2.45) is 11.8 Å². The average Bonchev–Trinajstić information content (AvgIpc) is 3.27. The number of rotatable bonds is 4. The summed E-state index contributed by atoms with van der Waals surface area (Å²) in [6.07, 6.45) is 3.59. The maximum absolute atomic E-state index is 12.5. The number of Topliss-reactive ketones (excluding diaryl/α,β-unsaturated/α-hetero) is 1. The first-order valence-corrected chi connectivity index (χ1v) is 10.6. The van der Waals surface area contributed by atoms with E-state index in [1.54, 1.807) is 18.2 Å². The number of aromatic amines is 1. The van der Waals surface area contributed by atoms with Crippen LogP contribution in [0.2, 0.25) is 0 Å². The summed E-state index contributed by atoms with van der Waals surface area (Å²) in [5.74, 6) is 5.06. The Hall–Kier alpha value is -3.47. The minimum Gasteiger partial charge on any atom is -0.341 e. The number of ketones is 1. The monoisotopic (exact) mass is 450 g/mol. The second-order valence-electron chi connectivity index (χ2n) is 8.28. The Morgan fingerprint density at radius 1 is 1.39 bits per heavy atom. The number of nitrogens with one attached hydrogen (secondary N) is 2. The lowest BCUT2D eigenvalue weighted by atomic mass is 10.1. The van der Waals surface area contributed by atoms with Gasteiger partial charge in [-0.25, -0.2) is 10.6 Å². The number of nitrogens with zero attached hydrogens (tertiary/aromatic N) is 3. The third-order valence-corrected chi connectivity index (χ3v) is 6.00. The lowest BCUT2D eigenvalue weighted by Crippen LogP contribution is -2.55. The molecular formula is C22H27BN6O4. The molecule has 1 aliphatic carbocycles. The number of hydrogen-bond donors (Lipinski definition) is 3. The molecule has 1 aromatic heterocycles. The summed E-state index contributed by atoms with van der Waals surface area (Å²) >= 11 is 0. The van der Waals surface area contributed by atoms with Crippen LogP contribution in [0.5, 0.6) is 0 Å². The first kappa shape index (κ1) is 24.2. The Balaban J connectivity index is 0.000000215. The van der Waals surface area contributed by atoms with Crippen molar-refractivity contribution in [3.63, 3.8) is 0 Å². The quantitative estimate of drug-likeness (QED) is 0.193. The largest absolute Gasteiger partial charge is 0.341 e. The molecule has 11 heteroatoms. The zero-order chi connectivity index (χ0) is 24.3. The molecule has 4 rings (SSSR count). The van der Waals surface area contributed by atoms with E-state index in [2.05, 4.69) is 21.9 Å². The topological polar surface area (TPSA) is 141 Å². The number of urea groups is 1. The molecule has 1 aromatic carbocycles. The third-order valence-electron chi connectivity index (χ3n) is 6.00. The number of H-pyrrole nitrogens is 1. The van der Waals surface area contributed by atoms with Gasteiger partial charge in [-0.15, -0.1) is 6.58 Å². The highest BCUT2D eigenvalue weighted by molar-refractivity contribution is 6.30. The van der Waals surface area contributed by atoms with E-state index in [1.807, 2.05) is 12.1 Å². The zero-order valence-electron chi connectivity index (χ0n) is 18.7. The Labute approximate surface area is 192 Å². The molecule has 2 aromatic rings. The first-order chi connectivity index (χ1) is 15.6. The smallest absolute Gasteiger partial charge is 0.334 e. The van der Waals surface area contributed by atoms with Crippen molar-refractivity contribution in [1.82, 2.24) is 25.2 Å². The molecule has 3 unspecified atom stereocenters. The van der Waals surface area contributed by atoms with Crippen LogP contribution in [0.3, 0.4) is 0 Å². The van der Waals surface area contributed by atoms with E-state index in [4.69, 9.17) is 13.7 Å². The summed E-state index contributed by atoms with van der Waals surface area (Å²) in [7, 11) is 6.78. The van der Waals surface area contributed by atoms with Crippen LogP contribution in [0.25, 0.3) is 11.0 Å². The van der Waals surface area contributed by atoms with E-state index in [0.29, 0.717) is 30.4 Å². The highest BCUT2D eigenvalue weighted by Crippen LogP contribution is 2.45. The lowest BCUT2D eigenvalue weighted by molar-refractivity contribution is -0.130. The number of amides is 3. The van der Waals surface area contributed by atoms with E-state index in [-0.39, 0.29) is 34.8 Å². The third kappa shape index (κ3) is 4.98. The van der Waals surface area contributed by atoms with Crippen LogP contribution in [-0.2, 0) is 9.59 Å². The molecule has 33 heavy (non-hydrogen) atoms. The van der Waals surface area contributed by atoms with Gasteiger partial charge in [-0.3, -0.25) is 24.4 Å². The SMILES string of the molecule is C=CC1CC1(NC(=O)C1CCCN1C(=O)N(C)N)C(C)=O.[B]c1nc2ccccc2[nH]c1=O. The highest BCUT2D eigenvalue weighted by Gasteiger charge is 2.58. The molecule has 0 bridgehead atoms. The van der Waals surface area contributed by atoms with Gasteiger partial charge in [-0.05, 0) is 38.3 Å². The van der Waals surface area contributed by atoms with Crippen molar-refractivity contribution in [2.45, 2.75) is 37.8 Å². The number of likely N-dealkylation sites (tertiary alicyclic amines) is 1. The van der Waals surface area contributed by atoms with Gasteiger partial charge in [0.1, 0.15) is 19.4 Å². The number of benzene rings is 1. The van der Waals surface area contributed by atoms with Crippen LogP contribution in [0, 0.1) is 5.92 Å². The molecular weight excluding hydrogens is 423 g/mol. The first-order valence-electron chi connectivity index (χ1n) is 10.6. The predicted octanol–water partition coefficient (Wildman–Crippen LogP) is -0.257. The molecule has 2 heterocycles. The fraction of sp³-hybridized carbons (Fsp3) is 0.409. The molecule has 10 nitrogen and oxygen atoms in total. The summed E-state index contributed by atoms with van der Waals surface area (Å²) in [6.45, 7) is 5.64. The number of aromatic nitrogens is 2. The highest BCUT2D eigenvalue weighted by atomic mass is 16.2. The van der Waals surface area contributed by atoms with Gasteiger partial charge in [0.15, 0.2) is 5.78 Å². The summed E-state index contributed by atoms with van der Waals surface area (Å²) < 4.78 is 0. The van der Waals surface area contributed by atoms with Crippen molar-refractivity contribution in [3.8, 4) is 0 Å². The minimum absolute atomic E-state index is 0.00806. The molecule has 2 radical (unpaired) electrons. The molecule has 0 spiro atoms. The molecule has 172 valence electrons. The van der Waals surface area contributed by atoms with E-state index in [1.165, 1.54) is 18.9 Å². The van der Waals surface area contributed by atoms with Crippen molar-refractivity contribution >= 4 is 42.2 Å². The summed E-state index contributed by atoms with van der Waals surface area (Å²) in [5.41, 5.74) is 0.249. The van der Waals surface area contributed by atoms with Gasteiger partial charge in [0.25, 0.3) is 5.56 Å². The van der Waals surface area contributed by atoms with E-state index in [9.17, 15) is 19.2 Å². The number of hydrogen-bond acceptors (Lipinski definition) is 6. The molecule has 1 aliphatic heterocycles. The Morgan fingerprint density at radius 3 is 2.70 bits per heavy atom. The molecule has 3 amide bonds. The van der Waals surface area contributed by atoms with Gasteiger partial charge >= 0.3 is 6.03 Å². The zero-order valence-corrected chi connectivity index (χ0v) is 18.7. The standard InChI is InChI=1S/C14H22N4O3.C8H5BN2O/c1-4-10-8-14(10,9(2)19)16-12(20)11-6-5-7-18(11)13(21)17(3)15;9-7-8(12)11-6-4-2-1-3-5(6)10-7/h4,10-11H,1,5-8,15H2,2-3H3,(H,16,20);1-4H,(H,11,12). The molecule has 2 fully saturated rings. The number of hydrazine groups is 1. The summed E-state index contributed by atoms with van der Waals surface area (Å²) in [4.78, 5) is 55.2. The number of fused-ring (bicyclic) bond motifs is 1. The number of para-hydroxylation sites is 2. The maximum Gasteiger partial charge on any atom is 0.334 e. The lowest BCUT2D eigenvalue weighted by Gasteiger charge is -2.28. The molecule has 1 saturated carbocycles. The fourth-order valence-electron chi connectivity index (χ4n) is 4.03. The van der Waals surface area contributed by atoms with Crippen LogP contribution in [0.4, 0.5) is 4.79 Å². The molecule has 4 N–H and O–H groups in total. The second-order valence-corrected chi connectivity index (χ2v) is 8.28. The average molecular weight is 450 g/mol.